The minimum atomic E-state index is 0.0837. The standard InChI is InChI=1S/C26H36N4O2/c1-21-19-29(20-22(2)30(21)26(31)23-11-13-27-14-12-23)24-7-9-25(10-8-24)32-18-6-17-28-15-4-3-5-16-28/h7-14,21-22H,3-6,15-20H2,1-2H3/t21-,22+. The monoisotopic (exact) mass is 436 g/mol. The van der Waals surface area contributed by atoms with Crippen molar-refractivity contribution in [1.29, 1.82) is 0 Å². The highest BCUT2D eigenvalue weighted by atomic mass is 16.5. The average Bonchev–Trinajstić information content (AvgIpc) is 2.83. The Hall–Kier alpha value is -2.60. The van der Waals surface area contributed by atoms with Crippen LogP contribution < -0.4 is 9.64 Å². The van der Waals surface area contributed by atoms with E-state index in [1.807, 2.05) is 4.90 Å². The lowest BCUT2D eigenvalue weighted by Crippen LogP contribution is -2.58. The SMILES string of the molecule is C[C@@H]1CN(c2ccc(OCCCN3CCCCC3)cc2)C[C@H](C)N1C(=O)c1ccncc1. The van der Waals surface area contributed by atoms with Gasteiger partial charge in [-0.3, -0.25) is 9.78 Å². The van der Waals surface area contributed by atoms with Crippen LogP contribution in [0.15, 0.2) is 48.8 Å². The summed E-state index contributed by atoms with van der Waals surface area (Å²) >= 11 is 0. The van der Waals surface area contributed by atoms with Crippen molar-refractivity contribution in [2.24, 2.45) is 0 Å². The molecular weight excluding hydrogens is 400 g/mol. The third-order valence-electron chi connectivity index (χ3n) is 6.62. The second-order valence-corrected chi connectivity index (χ2v) is 9.15. The van der Waals surface area contributed by atoms with Crippen LogP contribution in [0.4, 0.5) is 5.69 Å². The van der Waals surface area contributed by atoms with Gasteiger partial charge < -0.3 is 19.4 Å². The number of carbonyl (C=O) groups excluding carboxylic acids is 1. The van der Waals surface area contributed by atoms with Crippen LogP contribution in [0.25, 0.3) is 0 Å². The van der Waals surface area contributed by atoms with Gasteiger partial charge in [-0.2, -0.15) is 0 Å². The normalized spacial score (nSPS) is 22.1. The molecule has 0 N–H and O–H groups in total. The lowest BCUT2D eigenvalue weighted by atomic mass is 10.0. The number of hydrogen-bond donors (Lipinski definition) is 0. The van der Waals surface area contributed by atoms with Gasteiger partial charge in [-0.05, 0) is 82.6 Å². The van der Waals surface area contributed by atoms with Crippen molar-refractivity contribution in [1.82, 2.24) is 14.8 Å². The predicted molar refractivity (Wildman–Crippen MR) is 128 cm³/mol. The van der Waals surface area contributed by atoms with E-state index in [4.69, 9.17) is 4.74 Å². The minimum absolute atomic E-state index is 0.0837. The van der Waals surface area contributed by atoms with Gasteiger partial charge in [0.2, 0.25) is 0 Å². The summed E-state index contributed by atoms with van der Waals surface area (Å²) in [4.78, 5) is 23.9. The number of amides is 1. The smallest absolute Gasteiger partial charge is 0.254 e. The van der Waals surface area contributed by atoms with Crippen LogP contribution >= 0.6 is 0 Å². The molecule has 3 heterocycles. The predicted octanol–water partition coefficient (Wildman–Crippen LogP) is 4.08. The van der Waals surface area contributed by atoms with E-state index in [-0.39, 0.29) is 18.0 Å². The number of pyridine rings is 1. The average molecular weight is 437 g/mol. The Balaban J connectivity index is 1.27. The summed E-state index contributed by atoms with van der Waals surface area (Å²) in [6.07, 6.45) is 8.49. The van der Waals surface area contributed by atoms with Crippen LogP contribution in [0.3, 0.4) is 0 Å². The summed E-state index contributed by atoms with van der Waals surface area (Å²) < 4.78 is 5.98. The van der Waals surface area contributed by atoms with E-state index in [2.05, 4.69) is 52.9 Å². The number of likely N-dealkylation sites (tertiary alicyclic amines) is 1. The van der Waals surface area contributed by atoms with Crippen LogP contribution in [-0.4, -0.2) is 72.1 Å². The molecule has 6 heteroatoms. The van der Waals surface area contributed by atoms with Gasteiger partial charge in [0.05, 0.1) is 6.61 Å². The van der Waals surface area contributed by atoms with E-state index < -0.39 is 0 Å². The molecule has 2 aliphatic rings. The van der Waals surface area contributed by atoms with Crippen molar-refractivity contribution in [3.63, 3.8) is 0 Å². The highest BCUT2D eigenvalue weighted by Gasteiger charge is 2.33. The fourth-order valence-corrected chi connectivity index (χ4v) is 4.99. The first kappa shape index (κ1) is 22.6. The number of nitrogens with zero attached hydrogens (tertiary/aromatic N) is 4. The summed E-state index contributed by atoms with van der Waals surface area (Å²) in [6.45, 7) is 10.3. The Morgan fingerprint density at radius 2 is 1.62 bits per heavy atom. The third-order valence-corrected chi connectivity index (χ3v) is 6.62. The summed E-state index contributed by atoms with van der Waals surface area (Å²) in [5.74, 6) is 1.01. The lowest BCUT2D eigenvalue weighted by molar-refractivity contribution is 0.0574. The zero-order chi connectivity index (χ0) is 22.3. The van der Waals surface area contributed by atoms with E-state index in [9.17, 15) is 4.79 Å². The van der Waals surface area contributed by atoms with Gasteiger partial charge in [0.15, 0.2) is 0 Å². The van der Waals surface area contributed by atoms with Crippen LogP contribution in [-0.2, 0) is 0 Å². The molecule has 0 bridgehead atoms. The first-order valence-corrected chi connectivity index (χ1v) is 12.0. The quantitative estimate of drug-likeness (QED) is 0.612. The van der Waals surface area contributed by atoms with Crippen molar-refractivity contribution >= 4 is 11.6 Å². The highest BCUT2D eigenvalue weighted by Crippen LogP contribution is 2.26. The Labute approximate surface area is 192 Å². The van der Waals surface area contributed by atoms with Crippen molar-refractivity contribution in [2.45, 2.75) is 51.6 Å². The minimum Gasteiger partial charge on any atom is -0.494 e. The fourth-order valence-electron chi connectivity index (χ4n) is 4.99. The number of benzene rings is 1. The van der Waals surface area contributed by atoms with Crippen LogP contribution in [0.5, 0.6) is 5.75 Å². The summed E-state index contributed by atoms with van der Waals surface area (Å²) in [5.41, 5.74) is 1.88. The molecule has 0 saturated carbocycles. The molecule has 172 valence electrons. The van der Waals surface area contributed by atoms with Crippen molar-refractivity contribution in [3.8, 4) is 5.75 Å². The molecule has 2 fully saturated rings. The van der Waals surface area contributed by atoms with Gasteiger partial charge in [0, 0.05) is 55.4 Å². The van der Waals surface area contributed by atoms with E-state index in [0.29, 0.717) is 5.56 Å². The lowest BCUT2D eigenvalue weighted by Gasteiger charge is -2.45. The van der Waals surface area contributed by atoms with Crippen molar-refractivity contribution < 1.29 is 9.53 Å². The maximum atomic E-state index is 13.0. The Bertz CT molecular complexity index is 840. The number of rotatable bonds is 7. The number of aromatic nitrogens is 1. The molecule has 2 atom stereocenters. The summed E-state index contributed by atoms with van der Waals surface area (Å²) in [7, 11) is 0. The number of ether oxygens (including phenoxy) is 1. The Morgan fingerprint density at radius 1 is 0.969 bits per heavy atom. The second kappa shape index (κ2) is 10.8. The molecule has 1 aromatic carbocycles. The summed E-state index contributed by atoms with van der Waals surface area (Å²) in [6, 6.07) is 12.3. The first-order chi connectivity index (χ1) is 15.6. The zero-order valence-corrected chi connectivity index (χ0v) is 19.4. The maximum Gasteiger partial charge on any atom is 0.254 e. The maximum absolute atomic E-state index is 13.0. The van der Waals surface area contributed by atoms with E-state index in [0.717, 1.165) is 38.4 Å². The van der Waals surface area contributed by atoms with Gasteiger partial charge in [-0.25, -0.2) is 0 Å². The Kier molecular flexibility index (Phi) is 7.63. The Morgan fingerprint density at radius 3 is 2.28 bits per heavy atom. The highest BCUT2D eigenvalue weighted by molar-refractivity contribution is 5.94. The van der Waals surface area contributed by atoms with Crippen LogP contribution in [0, 0.1) is 0 Å². The van der Waals surface area contributed by atoms with Crippen molar-refractivity contribution in [2.75, 3.05) is 44.2 Å². The molecule has 0 unspecified atom stereocenters. The second-order valence-electron chi connectivity index (χ2n) is 9.15. The molecular formula is C26H36N4O2. The fraction of sp³-hybridized carbons (Fsp3) is 0.538. The zero-order valence-electron chi connectivity index (χ0n) is 19.4. The molecule has 0 spiro atoms. The topological polar surface area (TPSA) is 48.9 Å². The number of piperidine rings is 1. The van der Waals surface area contributed by atoms with Gasteiger partial charge in [0.25, 0.3) is 5.91 Å². The van der Waals surface area contributed by atoms with Crippen LogP contribution in [0.1, 0.15) is 49.9 Å². The van der Waals surface area contributed by atoms with Gasteiger partial charge in [-0.15, -0.1) is 0 Å². The van der Waals surface area contributed by atoms with Gasteiger partial charge >= 0.3 is 0 Å². The molecule has 32 heavy (non-hydrogen) atoms. The molecule has 1 aromatic heterocycles. The number of hydrogen-bond acceptors (Lipinski definition) is 5. The van der Waals surface area contributed by atoms with E-state index in [1.165, 1.54) is 38.0 Å². The number of piperazine rings is 1. The molecule has 2 aliphatic heterocycles. The van der Waals surface area contributed by atoms with E-state index in [1.54, 1.807) is 24.5 Å². The molecule has 1 amide bonds. The van der Waals surface area contributed by atoms with E-state index >= 15 is 0 Å². The third kappa shape index (κ3) is 5.60. The number of carbonyl (C=O) groups is 1. The first-order valence-electron chi connectivity index (χ1n) is 12.0. The van der Waals surface area contributed by atoms with Crippen LogP contribution in [0.2, 0.25) is 0 Å². The summed E-state index contributed by atoms with van der Waals surface area (Å²) in [5, 5.41) is 0. The van der Waals surface area contributed by atoms with Gasteiger partial charge in [-0.1, -0.05) is 6.42 Å². The largest absolute Gasteiger partial charge is 0.494 e. The molecule has 4 rings (SSSR count). The van der Waals surface area contributed by atoms with Gasteiger partial charge in [0.1, 0.15) is 5.75 Å². The van der Waals surface area contributed by atoms with Crippen molar-refractivity contribution in [3.05, 3.63) is 54.4 Å². The molecule has 6 nitrogen and oxygen atoms in total. The number of anilines is 1. The molecule has 0 aliphatic carbocycles. The molecule has 2 aromatic rings. The molecule has 2 saturated heterocycles. The molecule has 0 radical (unpaired) electrons.